The first-order chi connectivity index (χ1) is 13.3. The lowest BCUT2D eigenvalue weighted by Gasteiger charge is -2.18. The van der Waals surface area contributed by atoms with Crippen molar-refractivity contribution >= 4 is 16.0 Å². The summed E-state index contributed by atoms with van der Waals surface area (Å²) in [5.74, 6) is 0.748. The normalized spacial score (nSPS) is 12.6. The fourth-order valence-electron chi connectivity index (χ4n) is 2.45. The molecule has 0 aliphatic heterocycles. The predicted molar refractivity (Wildman–Crippen MR) is 114 cm³/mol. The van der Waals surface area contributed by atoms with Crippen LogP contribution in [0.1, 0.15) is 18.9 Å². The summed E-state index contributed by atoms with van der Waals surface area (Å²) in [5, 5.41) is 6.55. The third-order valence-electron chi connectivity index (χ3n) is 4.14. The van der Waals surface area contributed by atoms with Gasteiger partial charge in [0.2, 0.25) is 10.0 Å². The Labute approximate surface area is 170 Å². The summed E-state index contributed by atoms with van der Waals surface area (Å²) in [6.45, 7) is 6.73. The SMILES string of the molecule is CCNC(=NCc1ccc(S(=O)(=O)N(C)C)cc1)NCCN(C)CCCOC. The largest absolute Gasteiger partial charge is 0.385 e. The lowest BCUT2D eigenvalue weighted by atomic mass is 10.2. The van der Waals surface area contributed by atoms with Gasteiger partial charge in [-0.3, -0.25) is 0 Å². The first kappa shape index (κ1) is 24.4. The van der Waals surface area contributed by atoms with Crippen LogP contribution in [0.5, 0.6) is 0 Å². The highest BCUT2D eigenvalue weighted by Crippen LogP contribution is 2.14. The van der Waals surface area contributed by atoms with E-state index in [0.717, 1.165) is 50.7 Å². The number of ether oxygens (including phenoxy) is 1. The zero-order chi connectivity index (χ0) is 21.0. The van der Waals surface area contributed by atoms with Gasteiger partial charge in [0.15, 0.2) is 5.96 Å². The number of aliphatic imine (C=N–C) groups is 1. The lowest BCUT2D eigenvalue weighted by molar-refractivity contribution is 0.180. The van der Waals surface area contributed by atoms with Crippen LogP contribution in [0.25, 0.3) is 0 Å². The topological polar surface area (TPSA) is 86.3 Å². The Kier molecular flexibility index (Phi) is 11.1. The Morgan fingerprint density at radius 3 is 2.36 bits per heavy atom. The molecule has 28 heavy (non-hydrogen) atoms. The maximum atomic E-state index is 12.1. The third kappa shape index (κ3) is 8.55. The molecule has 160 valence electrons. The molecular formula is C19H35N5O3S. The van der Waals surface area contributed by atoms with E-state index in [1.165, 1.54) is 18.4 Å². The van der Waals surface area contributed by atoms with E-state index in [2.05, 4.69) is 27.6 Å². The van der Waals surface area contributed by atoms with Crippen LogP contribution in [0.15, 0.2) is 34.2 Å². The second-order valence-corrected chi connectivity index (χ2v) is 8.85. The minimum atomic E-state index is -3.40. The van der Waals surface area contributed by atoms with Crippen LogP contribution in [0.2, 0.25) is 0 Å². The molecule has 0 aliphatic carbocycles. The number of hydrogen-bond donors (Lipinski definition) is 2. The van der Waals surface area contributed by atoms with Gasteiger partial charge in [0.25, 0.3) is 0 Å². The number of nitrogens with one attached hydrogen (secondary N) is 2. The van der Waals surface area contributed by atoms with E-state index in [0.29, 0.717) is 6.54 Å². The van der Waals surface area contributed by atoms with Gasteiger partial charge >= 0.3 is 0 Å². The Hall–Kier alpha value is -1.68. The van der Waals surface area contributed by atoms with Crippen LogP contribution < -0.4 is 10.6 Å². The predicted octanol–water partition coefficient (Wildman–Crippen LogP) is 0.960. The van der Waals surface area contributed by atoms with E-state index >= 15 is 0 Å². The molecule has 8 nitrogen and oxygen atoms in total. The second kappa shape index (κ2) is 12.7. The van der Waals surface area contributed by atoms with E-state index in [1.807, 2.05) is 6.92 Å². The van der Waals surface area contributed by atoms with E-state index in [4.69, 9.17) is 4.74 Å². The van der Waals surface area contributed by atoms with Crippen molar-refractivity contribution in [1.82, 2.24) is 19.8 Å². The van der Waals surface area contributed by atoms with Crippen molar-refractivity contribution in [3.63, 3.8) is 0 Å². The van der Waals surface area contributed by atoms with Gasteiger partial charge in [-0.05, 0) is 38.1 Å². The highest BCUT2D eigenvalue weighted by Gasteiger charge is 2.16. The Balaban J connectivity index is 2.57. The summed E-state index contributed by atoms with van der Waals surface area (Å²) in [5.41, 5.74) is 0.951. The summed E-state index contributed by atoms with van der Waals surface area (Å²) in [4.78, 5) is 7.11. The van der Waals surface area contributed by atoms with Crippen LogP contribution >= 0.6 is 0 Å². The molecule has 0 radical (unpaired) electrons. The quantitative estimate of drug-likeness (QED) is 0.302. The standard InChI is InChI=1S/C19H35N5O3S/c1-6-20-19(21-12-14-24(4)13-7-15-27-5)22-16-17-8-10-18(11-9-17)28(25,26)23(2)3/h8-11H,6-7,12-16H2,1-5H3,(H2,20,21,22). The number of likely N-dealkylation sites (N-methyl/N-ethyl adjacent to an activating group) is 1. The van der Waals surface area contributed by atoms with Crippen molar-refractivity contribution < 1.29 is 13.2 Å². The van der Waals surface area contributed by atoms with E-state index in [-0.39, 0.29) is 4.90 Å². The van der Waals surface area contributed by atoms with E-state index in [9.17, 15) is 8.42 Å². The average Bonchev–Trinajstić information content (AvgIpc) is 2.66. The number of benzene rings is 1. The van der Waals surface area contributed by atoms with Crippen molar-refractivity contribution in [3.8, 4) is 0 Å². The van der Waals surface area contributed by atoms with Gasteiger partial charge in [-0.25, -0.2) is 17.7 Å². The first-order valence-corrected chi connectivity index (χ1v) is 11.0. The van der Waals surface area contributed by atoms with Crippen LogP contribution in [0, 0.1) is 0 Å². The van der Waals surface area contributed by atoms with Gasteiger partial charge in [0, 0.05) is 54.0 Å². The summed E-state index contributed by atoms with van der Waals surface area (Å²) >= 11 is 0. The molecule has 9 heteroatoms. The minimum absolute atomic E-state index is 0.284. The lowest BCUT2D eigenvalue weighted by Crippen LogP contribution is -2.41. The first-order valence-electron chi connectivity index (χ1n) is 9.52. The van der Waals surface area contributed by atoms with Gasteiger partial charge in [-0.15, -0.1) is 0 Å². The van der Waals surface area contributed by atoms with Crippen molar-refractivity contribution in [2.75, 3.05) is 61.0 Å². The maximum absolute atomic E-state index is 12.1. The van der Waals surface area contributed by atoms with Crippen molar-refractivity contribution in [3.05, 3.63) is 29.8 Å². The Morgan fingerprint density at radius 1 is 1.11 bits per heavy atom. The number of rotatable bonds is 12. The van der Waals surface area contributed by atoms with Crippen LogP contribution in [-0.4, -0.2) is 84.6 Å². The zero-order valence-corrected chi connectivity index (χ0v) is 18.6. The second-order valence-electron chi connectivity index (χ2n) is 6.70. The summed E-state index contributed by atoms with van der Waals surface area (Å²) in [6.07, 6.45) is 1.01. The molecule has 2 N–H and O–H groups in total. The molecule has 0 saturated heterocycles. The molecular weight excluding hydrogens is 378 g/mol. The third-order valence-corrected chi connectivity index (χ3v) is 5.97. The Bertz CT molecular complexity index is 690. The van der Waals surface area contributed by atoms with Crippen LogP contribution in [0.3, 0.4) is 0 Å². The van der Waals surface area contributed by atoms with Gasteiger partial charge < -0.3 is 20.3 Å². The molecule has 0 spiro atoms. The number of nitrogens with zero attached hydrogens (tertiary/aromatic N) is 3. The Morgan fingerprint density at radius 2 is 1.79 bits per heavy atom. The van der Waals surface area contributed by atoms with Crippen LogP contribution in [-0.2, 0) is 21.3 Å². The summed E-state index contributed by atoms with van der Waals surface area (Å²) < 4.78 is 30.5. The summed E-state index contributed by atoms with van der Waals surface area (Å²) in [6, 6.07) is 6.84. The molecule has 0 heterocycles. The van der Waals surface area contributed by atoms with Gasteiger partial charge in [0.1, 0.15) is 0 Å². The highest BCUT2D eigenvalue weighted by atomic mass is 32.2. The minimum Gasteiger partial charge on any atom is -0.385 e. The molecule has 0 fully saturated rings. The van der Waals surface area contributed by atoms with Crippen LogP contribution in [0.4, 0.5) is 0 Å². The molecule has 0 unspecified atom stereocenters. The number of sulfonamides is 1. The molecule has 0 saturated carbocycles. The molecule has 0 aliphatic rings. The average molecular weight is 414 g/mol. The van der Waals surface area contributed by atoms with Gasteiger partial charge in [-0.1, -0.05) is 12.1 Å². The number of guanidine groups is 1. The van der Waals surface area contributed by atoms with Gasteiger partial charge in [-0.2, -0.15) is 0 Å². The monoisotopic (exact) mass is 413 g/mol. The number of methoxy groups -OCH3 is 1. The zero-order valence-electron chi connectivity index (χ0n) is 17.7. The van der Waals surface area contributed by atoms with E-state index < -0.39 is 10.0 Å². The molecule has 0 aromatic heterocycles. The van der Waals surface area contributed by atoms with E-state index in [1.54, 1.807) is 31.4 Å². The molecule has 0 amide bonds. The molecule has 1 rings (SSSR count). The fourth-order valence-corrected chi connectivity index (χ4v) is 3.35. The van der Waals surface area contributed by atoms with Crippen molar-refractivity contribution in [2.45, 2.75) is 24.8 Å². The van der Waals surface area contributed by atoms with Crippen molar-refractivity contribution in [2.24, 2.45) is 4.99 Å². The van der Waals surface area contributed by atoms with Gasteiger partial charge in [0.05, 0.1) is 11.4 Å². The summed E-state index contributed by atoms with van der Waals surface area (Å²) in [7, 11) is 3.45. The maximum Gasteiger partial charge on any atom is 0.242 e. The molecule has 0 bridgehead atoms. The molecule has 1 aromatic rings. The fraction of sp³-hybridized carbons (Fsp3) is 0.632. The molecule has 1 aromatic carbocycles. The smallest absolute Gasteiger partial charge is 0.242 e. The molecule has 0 atom stereocenters. The number of hydrogen-bond acceptors (Lipinski definition) is 5. The highest BCUT2D eigenvalue weighted by molar-refractivity contribution is 7.89. The van der Waals surface area contributed by atoms with Crippen molar-refractivity contribution in [1.29, 1.82) is 0 Å².